The molecule has 0 aliphatic heterocycles. The first-order chi connectivity index (χ1) is 13.6. The van der Waals surface area contributed by atoms with E-state index in [1.165, 1.54) is 17.7 Å². The number of nitrogens with zero attached hydrogens (tertiary/aromatic N) is 5. The lowest BCUT2D eigenvalue weighted by Crippen LogP contribution is -2.19. The summed E-state index contributed by atoms with van der Waals surface area (Å²) in [5, 5.41) is 27.9. The molecular weight excluding hydrogens is 380 g/mol. The molecule has 8 nitrogen and oxygen atoms in total. The number of amides is 1. The van der Waals surface area contributed by atoms with Gasteiger partial charge in [-0.1, -0.05) is 17.7 Å². The molecule has 3 aromatic rings. The highest BCUT2D eigenvalue weighted by molar-refractivity contribution is 6.32. The topological polar surface area (TPSA) is 123 Å². The summed E-state index contributed by atoms with van der Waals surface area (Å²) >= 11 is 6.09. The van der Waals surface area contributed by atoms with Gasteiger partial charge in [0.1, 0.15) is 11.8 Å². The molecule has 3 rings (SSSR count). The molecule has 144 valence electrons. The smallest absolute Gasteiger partial charge is 0.269 e. The molecule has 0 aliphatic rings. The number of hydrogen-bond acceptors (Lipinski definition) is 5. The zero-order valence-electron chi connectivity index (χ0n) is 16.3. The molecule has 9 heteroatoms. The van der Waals surface area contributed by atoms with Crippen LogP contribution in [0.1, 0.15) is 49.1 Å². The van der Waals surface area contributed by atoms with Crippen molar-refractivity contribution in [2.75, 3.05) is 0 Å². The average molecular weight is 400 g/mol. The minimum Gasteiger partial charge on any atom is -0.387 e. The molecule has 1 aromatic carbocycles. The fraction of sp³-hybridized carbons (Fsp3) is 0.263. The van der Waals surface area contributed by atoms with E-state index >= 15 is 0 Å². The molecule has 2 heterocycles. The van der Waals surface area contributed by atoms with E-state index < -0.39 is 18.0 Å². The number of nitrogens with two attached hydrogens (primary N) is 1. The Morgan fingerprint density at radius 3 is 2.75 bits per heavy atom. The van der Waals surface area contributed by atoms with Crippen molar-refractivity contribution in [3.05, 3.63) is 58.5 Å². The Hall–Kier alpha value is -3.15. The number of carbonyl (C=O) groups excluding carboxylic acids is 1. The van der Waals surface area contributed by atoms with Gasteiger partial charge in [-0.05, 0) is 38.1 Å². The maximum Gasteiger partial charge on any atom is 0.269 e. The third-order valence-electron chi connectivity index (χ3n) is 4.20. The highest BCUT2D eigenvalue weighted by Crippen LogP contribution is 2.25. The molecule has 1 unspecified atom stereocenters. The Morgan fingerprint density at radius 1 is 1.39 bits per heavy atom. The fourth-order valence-corrected chi connectivity index (χ4v) is 3.01. The molecule has 0 radical (unpaired) electrons. The number of aliphatic hydroxyl groups excluding tert-OH is 1. The fourth-order valence-electron chi connectivity index (χ4n) is 2.79. The van der Waals surface area contributed by atoms with Crippen LogP contribution in [0.3, 0.4) is 0 Å². The van der Waals surface area contributed by atoms with Gasteiger partial charge < -0.3 is 10.8 Å². The summed E-state index contributed by atoms with van der Waals surface area (Å²) < 4.78 is 11.6. The summed E-state index contributed by atoms with van der Waals surface area (Å²) in [6, 6.07) is 8.82. The normalized spacial score (nSPS) is 14.8. The Bertz CT molecular complexity index is 1110. The van der Waals surface area contributed by atoms with Crippen molar-refractivity contribution in [2.24, 2.45) is 5.73 Å². The molecule has 0 bridgehead atoms. The second kappa shape index (κ2) is 7.84. The second-order valence-electron chi connectivity index (χ2n) is 6.35. The number of aromatic nitrogens is 4. The quantitative estimate of drug-likeness (QED) is 0.659. The number of nitriles is 1. The molecule has 0 saturated carbocycles. The third kappa shape index (κ3) is 3.91. The van der Waals surface area contributed by atoms with Gasteiger partial charge in [-0.3, -0.25) is 14.2 Å². The average Bonchev–Trinajstić information content (AvgIpc) is 3.29. The number of carbonyl (C=O) groups is 1. The SMILES string of the molecule is [2H][C@](C)(Cn1ccc(-c2ccc(C#N)c(Cl)c2)n1)n1nc(C(N)=O)cc1C(C)O. The zero-order chi connectivity index (χ0) is 21.3. The minimum absolute atomic E-state index is 0.0206. The Balaban J connectivity index is 1.90. The van der Waals surface area contributed by atoms with E-state index in [0.717, 1.165) is 5.56 Å². The summed E-state index contributed by atoms with van der Waals surface area (Å²) in [5.74, 6) is -0.736. The van der Waals surface area contributed by atoms with Crippen LogP contribution in [0.2, 0.25) is 5.02 Å². The van der Waals surface area contributed by atoms with Crippen molar-refractivity contribution in [3.8, 4) is 17.3 Å². The maximum atomic E-state index is 11.5. The van der Waals surface area contributed by atoms with E-state index in [4.69, 9.17) is 24.0 Å². The molecule has 0 saturated heterocycles. The van der Waals surface area contributed by atoms with Crippen LogP contribution in [0.15, 0.2) is 36.5 Å². The molecule has 28 heavy (non-hydrogen) atoms. The number of halogens is 1. The lowest BCUT2D eigenvalue weighted by molar-refractivity contribution is 0.0994. The Kier molecular flexibility index (Phi) is 5.10. The van der Waals surface area contributed by atoms with Gasteiger partial charge in [0.05, 0.1) is 42.0 Å². The molecule has 0 aliphatic carbocycles. The number of primary amides is 1. The van der Waals surface area contributed by atoms with Crippen molar-refractivity contribution in [2.45, 2.75) is 32.5 Å². The van der Waals surface area contributed by atoms with Crippen LogP contribution < -0.4 is 5.73 Å². The van der Waals surface area contributed by atoms with Gasteiger partial charge in [-0.25, -0.2) is 0 Å². The molecular formula is C19H19ClN6O2. The first kappa shape index (κ1) is 18.2. The van der Waals surface area contributed by atoms with Gasteiger partial charge in [0.2, 0.25) is 0 Å². The van der Waals surface area contributed by atoms with Gasteiger partial charge in [-0.15, -0.1) is 0 Å². The lowest BCUT2D eigenvalue weighted by atomic mass is 10.1. The van der Waals surface area contributed by atoms with Crippen LogP contribution in [0.5, 0.6) is 0 Å². The predicted octanol–water partition coefficient (Wildman–Crippen LogP) is 2.69. The summed E-state index contributed by atoms with van der Waals surface area (Å²) in [6.07, 6.45) is 0.767. The molecule has 0 fully saturated rings. The van der Waals surface area contributed by atoms with Crippen molar-refractivity contribution in [3.63, 3.8) is 0 Å². The first-order valence-corrected chi connectivity index (χ1v) is 8.82. The maximum absolute atomic E-state index is 11.5. The van der Waals surface area contributed by atoms with E-state index in [-0.39, 0.29) is 12.2 Å². The molecule has 3 N–H and O–H groups in total. The van der Waals surface area contributed by atoms with Gasteiger partial charge in [0, 0.05) is 11.8 Å². The van der Waals surface area contributed by atoms with Crippen LogP contribution >= 0.6 is 11.6 Å². The van der Waals surface area contributed by atoms with Gasteiger partial charge >= 0.3 is 0 Å². The van der Waals surface area contributed by atoms with Crippen molar-refractivity contribution >= 4 is 17.5 Å². The van der Waals surface area contributed by atoms with Crippen molar-refractivity contribution in [1.82, 2.24) is 19.6 Å². The van der Waals surface area contributed by atoms with Crippen LogP contribution in [-0.2, 0) is 6.54 Å². The van der Waals surface area contributed by atoms with E-state index in [1.54, 1.807) is 42.1 Å². The van der Waals surface area contributed by atoms with Gasteiger partial charge in [0.25, 0.3) is 5.91 Å². The number of hydrogen-bond donors (Lipinski definition) is 2. The van der Waals surface area contributed by atoms with E-state index in [1.807, 2.05) is 6.07 Å². The zero-order valence-corrected chi connectivity index (χ0v) is 16.1. The van der Waals surface area contributed by atoms with E-state index in [2.05, 4.69) is 10.2 Å². The second-order valence-corrected chi connectivity index (χ2v) is 6.75. The third-order valence-corrected chi connectivity index (χ3v) is 4.51. The van der Waals surface area contributed by atoms with Crippen LogP contribution in [0.4, 0.5) is 0 Å². The van der Waals surface area contributed by atoms with Crippen molar-refractivity contribution < 1.29 is 11.3 Å². The van der Waals surface area contributed by atoms with Gasteiger partial charge in [0.15, 0.2) is 0 Å². The number of aliphatic hydroxyl groups is 1. The van der Waals surface area contributed by atoms with Crippen LogP contribution in [0, 0.1) is 11.3 Å². The summed E-state index contributed by atoms with van der Waals surface area (Å²) in [5.41, 5.74) is 7.31. The predicted molar refractivity (Wildman–Crippen MR) is 103 cm³/mol. The monoisotopic (exact) mass is 399 g/mol. The van der Waals surface area contributed by atoms with E-state index in [0.29, 0.717) is 22.0 Å². The van der Waals surface area contributed by atoms with Crippen LogP contribution in [-0.4, -0.2) is 30.6 Å². The standard InChI is InChI=1S/C19H19ClN6O2/c1-11(26-18(12(2)27)8-17(24-26)19(22)28)10-25-6-5-16(23-25)13-3-4-14(9-21)15(20)7-13/h3-8,11-12,27H,10H2,1-2H3,(H2,22,28)/t11-,12?/m0/s1/i11D. The molecule has 2 aromatic heterocycles. The Morgan fingerprint density at radius 2 is 2.14 bits per heavy atom. The lowest BCUT2D eigenvalue weighted by Gasteiger charge is -2.17. The largest absolute Gasteiger partial charge is 0.387 e. The number of benzene rings is 1. The summed E-state index contributed by atoms with van der Waals surface area (Å²) in [6.45, 7) is 3.21. The highest BCUT2D eigenvalue weighted by atomic mass is 35.5. The molecule has 2 atom stereocenters. The highest BCUT2D eigenvalue weighted by Gasteiger charge is 2.19. The molecule has 0 spiro atoms. The minimum atomic E-state index is -1.36. The summed E-state index contributed by atoms with van der Waals surface area (Å²) in [7, 11) is 0. The molecule has 1 amide bonds. The van der Waals surface area contributed by atoms with Crippen molar-refractivity contribution in [1.29, 1.82) is 5.26 Å². The van der Waals surface area contributed by atoms with E-state index in [9.17, 15) is 9.90 Å². The van der Waals surface area contributed by atoms with Gasteiger partial charge in [-0.2, -0.15) is 15.5 Å². The first-order valence-electron chi connectivity index (χ1n) is 8.94. The van der Waals surface area contributed by atoms with Crippen LogP contribution in [0.25, 0.3) is 11.3 Å². The Labute approximate surface area is 168 Å². The summed E-state index contributed by atoms with van der Waals surface area (Å²) in [4.78, 5) is 11.5. The number of rotatable bonds is 6.